The maximum Gasteiger partial charge on any atom is 0.337 e. The molecule has 112 valence electrons. The summed E-state index contributed by atoms with van der Waals surface area (Å²) < 4.78 is 31.8. The van der Waals surface area contributed by atoms with E-state index in [2.05, 4.69) is 14.4 Å². The zero-order valence-corrected chi connectivity index (χ0v) is 12.5. The first-order valence-electron chi connectivity index (χ1n) is 6.24. The average Bonchev–Trinajstić information content (AvgIpc) is 2.98. The molecule has 2 N–H and O–H groups in total. The second-order valence-corrected chi connectivity index (χ2v) is 6.25. The molecule has 21 heavy (non-hydrogen) atoms. The number of carbonyl (C=O) groups excluding carboxylic acids is 1. The molecule has 0 fully saturated rings. The summed E-state index contributed by atoms with van der Waals surface area (Å²) in [4.78, 5) is 14.4. The van der Waals surface area contributed by atoms with Gasteiger partial charge in [-0.25, -0.2) is 17.9 Å². The molecule has 1 aromatic heterocycles. The summed E-state index contributed by atoms with van der Waals surface area (Å²) >= 11 is 0. The number of aryl methyl sites for hydroxylation is 1. The van der Waals surface area contributed by atoms with Crippen LogP contribution in [0, 0.1) is 6.92 Å². The van der Waals surface area contributed by atoms with Crippen LogP contribution in [0.4, 0.5) is 0 Å². The molecular formula is C14H16N2O4S. The molecule has 0 saturated heterocycles. The third-order valence-corrected chi connectivity index (χ3v) is 4.57. The second-order valence-electron chi connectivity index (χ2n) is 4.52. The van der Waals surface area contributed by atoms with Crippen LogP contribution < -0.4 is 4.72 Å². The van der Waals surface area contributed by atoms with Gasteiger partial charge >= 0.3 is 5.97 Å². The zero-order chi connectivity index (χ0) is 15.5. The summed E-state index contributed by atoms with van der Waals surface area (Å²) in [5, 5.41) is 0. The molecule has 0 amide bonds. The fraction of sp³-hybridized carbons (Fsp3) is 0.214. The van der Waals surface area contributed by atoms with E-state index in [9.17, 15) is 13.2 Å². The minimum Gasteiger partial charge on any atom is -0.465 e. The van der Waals surface area contributed by atoms with Gasteiger partial charge in [-0.15, -0.1) is 0 Å². The van der Waals surface area contributed by atoms with Crippen molar-refractivity contribution < 1.29 is 17.9 Å². The summed E-state index contributed by atoms with van der Waals surface area (Å²) in [6.45, 7) is 1.85. The van der Waals surface area contributed by atoms with E-state index in [1.165, 1.54) is 19.2 Å². The predicted molar refractivity (Wildman–Crippen MR) is 77.3 cm³/mol. The number of methoxy groups -OCH3 is 1. The van der Waals surface area contributed by atoms with Gasteiger partial charge in [-0.05, 0) is 36.2 Å². The summed E-state index contributed by atoms with van der Waals surface area (Å²) in [5.41, 5.74) is 1.58. The molecule has 1 aromatic carbocycles. The third-order valence-electron chi connectivity index (χ3n) is 3.03. The quantitative estimate of drug-likeness (QED) is 0.821. The number of aromatic nitrogens is 1. The highest BCUT2D eigenvalue weighted by molar-refractivity contribution is 7.89. The van der Waals surface area contributed by atoms with E-state index in [0.717, 1.165) is 5.56 Å². The number of aromatic amines is 1. The Morgan fingerprint density at radius 2 is 2.10 bits per heavy atom. The van der Waals surface area contributed by atoms with Crippen LogP contribution in [0.3, 0.4) is 0 Å². The van der Waals surface area contributed by atoms with Gasteiger partial charge in [0.2, 0.25) is 10.0 Å². The average molecular weight is 308 g/mol. The van der Waals surface area contributed by atoms with Gasteiger partial charge in [0.1, 0.15) is 0 Å². The van der Waals surface area contributed by atoms with Gasteiger partial charge in [0.15, 0.2) is 0 Å². The number of carbonyl (C=O) groups is 1. The molecule has 2 aromatic rings. The molecule has 7 heteroatoms. The Morgan fingerprint density at radius 1 is 1.33 bits per heavy atom. The topological polar surface area (TPSA) is 88.3 Å². The van der Waals surface area contributed by atoms with Gasteiger partial charge in [0.05, 0.1) is 17.6 Å². The number of ether oxygens (including phenoxy) is 1. The van der Waals surface area contributed by atoms with Crippen molar-refractivity contribution in [2.45, 2.75) is 18.4 Å². The lowest BCUT2D eigenvalue weighted by atomic mass is 10.1. The van der Waals surface area contributed by atoms with Gasteiger partial charge in [-0.1, -0.05) is 6.07 Å². The van der Waals surface area contributed by atoms with Crippen molar-refractivity contribution in [1.82, 2.24) is 9.71 Å². The van der Waals surface area contributed by atoms with Gasteiger partial charge in [-0.3, -0.25) is 0 Å². The minimum absolute atomic E-state index is 0.0703. The maximum absolute atomic E-state index is 12.3. The van der Waals surface area contributed by atoms with E-state index in [-0.39, 0.29) is 17.0 Å². The van der Waals surface area contributed by atoms with E-state index in [1.807, 2.05) is 0 Å². The summed E-state index contributed by atoms with van der Waals surface area (Å²) in [6.07, 6.45) is 3.42. The van der Waals surface area contributed by atoms with Crippen LogP contribution in [-0.4, -0.2) is 26.5 Å². The molecule has 0 unspecified atom stereocenters. The van der Waals surface area contributed by atoms with Crippen molar-refractivity contribution in [1.29, 1.82) is 0 Å². The summed E-state index contributed by atoms with van der Waals surface area (Å²) in [6, 6.07) is 6.21. The van der Waals surface area contributed by atoms with Crippen LogP contribution in [-0.2, 0) is 21.3 Å². The molecule has 0 aliphatic carbocycles. The standard InChI is InChI=1S/C14H16N2O4S/c1-10-3-4-12(14(17)20-2)7-13(10)21(18,19)16-9-11-5-6-15-8-11/h3-8,15-16H,9H2,1-2H3. The van der Waals surface area contributed by atoms with Gasteiger partial charge in [0, 0.05) is 18.9 Å². The molecule has 0 bridgehead atoms. The van der Waals surface area contributed by atoms with Crippen LogP contribution in [0.15, 0.2) is 41.6 Å². The van der Waals surface area contributed by atoms with Crippen LogP contribution in [0.1, 0.15) is 21.5 Å². The number of H-pyrrole nitrogens is 1. The Hall–Kier alpha value is -2.12. The van der Waals surface area contributed by atoms with Crippen molar-refractivity contribution in [2.24, 2.45) is 0 Å². The fourth-order valence-corrected chi connectivity index (χ4v) is 3.15. The van der Waals surface area contributed by atoms with Gasteiger partial charge in [0.25, 0.3) is 0 Å². The normalized spacial score (nSPS) is 11.3. The Bertz CT molecular complexity index is 736. The van der Waals surface area contributed by atoms with Crippen LogP contribution in [0.5, 0.6) is 0 Å². The first kappa shape index (κ1) is 15.3. The van der Waals surface area contributed by atoms with Crippen molar-refractivity contribution in [3.05, 3.63) is 53.3 Å². The van der Waals surface area contributed by atoms with E-state index in [1.54, 1.807) is 31.5 Å². The lowest BCUT2D eigenvalue weighted by Crippen LogP contribution is -2.24. The molecule has 0 aliphatic heterocycles. The van der Waals surface area contributed by atoms with Crippen LogP contribution >= 0.6 is 0 Å². The highest BCUT2D eigenvalue weighted by Crippen LogP contribution is 2.18. The van der Waals surface area contributed by atoms with Crippen molar-refractivity contribution in [2.75, 3.05) is 7.11 Å². The molecule has 0 saturated carbocycles. The van der Waals surface area contributed by atoms with E-state index >= 15 is 0 Å². The molecule has 0 radical (unpaired) electrons. The number of esters is 1. The summed E-state index contributed by atoms with van der Waals surface area (Å²) in [5.74, 6) is -0.572. The minimum atomic E-state index is -3.70. The van der Waals surface area contributed by atoms with Crippen molar-refractivity contribution in [3.8, 4) is 0 Å². The lowest BCUT2D eigenvalue weighted by molar-refractivity contribution is 0.0600. The van der Waals surface area contributed by atoms with Crippen LogP contribution in [0.25, 0.3) is 0 Å². The van der Waals surface area contributed by atoms with Gasteiger partial charge < -0.3 is 9.72 Å². The number of hydrogen-bond donors (Lipinski definition) is 2. The van der Waals surface area contributed by atoms with E-state index in [0.29, 0.717) is 5.56 Å². The number of nitrogens with one attached hydrogen (secondary N) is 2. The molecule has 0 spiro atoms. The molecule has 0 aliphatic rings. The van der Waals surface area contributed by atoms with Crippen LogP contribution in [0.2, 0.25) is 0 Å². The summed E-state index contributed by atoms with van der Waals surface area (Å²) in [7, 11) is -2.45. The van der Waals surface area contributed by atoms with Crippen molar-refractivity contribution >= 4 is 16.0 Å². The third kappa shape index (κ3) is 3.50. The Morgan fingerprint density at radius 3 is 2.71 bits per heavy atom. The molecule has 0 atom stereocenters. The molecule has 1 heterocycles. The van der Waals surface area contributed by atoms with E-state index in [4.69, 9.17) is 0 Å². The lowest BCUT2D eigenvalue weighted by Gasteiger charge is -2.10. The highest BCUT2D eigenvalue weighted by Gasteiger charge is 2.19. The highest BCUT2D eigenvalue weighted by atomic mass is 32.2. The number of rotatable bonds is 5. The zero-order valence-electron chi connectivity index (χ0n) is 11.7. The smallest absolute Gasteiger partial charge is 0.337 e. The second kappa shape index (κ2) is 6.11. The molecular weight excluding hydrogens is 292 g/mol. The first-order chi connectivity index (χ1) is 9.94. The first-order valence-corrected chi connectivity index (χ1v) is 7.72. The Labute approximate surface area is 123 Å². The Kier molecular flexibility index (Phi) is 4.44. The number of benzene rings is 1. The fourth-order valence-electron chi connectivity index (χ4n) is 1.86. The van der Waals surface area contributed by atoms with Crippen molar-refractivity contribution in [3.63, 3.8) is 0 Å². The number of sulfonamides is 1. The number of hydrogen-bond acceptors (Lipinski definition) is 4. The maximum atomic E-state index is 12.3. The largest absolute Gasteiger partial charge is 0.465 e. The Balaban J connectivity index is 2.28. The molecule has 6 nitrogen and oxygen atoms in total. The van der Waals surface area contributed by atoms with Gasteiger partial charge in [-0.2, -0.15) is 0 Å². The SMILES string of the molecule is COC(=O)c1ccc(C)c(S(=O)(=O)NCc2cc[nH]c2)c1. The monoisotopic (exact) mass is 308 g/mol. The van der Waals surface area contributed by atoms with E-state index < -0.39 is 16.0 Å². The predicted octanol–water partition coefficient (Wildman–Crippen LogP) is 1.59. The molecule has 2 rings (SSSR count).